The van der Waals surface area contributed by atoms with Gasteiger partial charge in [-0.05, 0) is 44.9 Å². The molecule has 2 aliphatic rings. The molecule has 1 aromatic rings. The van der Waals surface area contributed by atoms with Gasteiger partial charge in [0.2, 0.25) is 0 Å². The molecule has 31 heavy (non-hydrogen) atoms. The number of nitrogens with zero attached hydrogens (tertiary/aromatic N) is 4. The maximum Gasteiger partial charge on any atom is 0.194 e. The molecule has 2 fully saturated rings. The number of halogens is 3. The van der Waals surface area contributed by atoms with Crippen LogP contribution in [0, 0.1) is 5.82 Å². The first-order valence-corrected chi connectivity index (χ1v) is 11.5. The van der Waals surface area contributed by atoms with E-state index in [4.69, 9.17) is 16.6 Å². The Bertz CT molecular complexity index is 674. The van der Waals surface area contributed by atoms with Crippen LogP contribution in [-0.4, -0.2) is 90.8 Å². The highest BCUT2D eigenvalue weighted by Gasteiger charge is 2.21. The molecule has 0 amide bonds. The van der Waals surface area contributed by atoms with Gasteiger partial charge in [0.15, 0.2) is 5.96 Å². The number of aliphatic hydroxyl groups excluding tert-OH is 1. The number of benzene rings is 1. The minimum absolute atomic E-state index is 0. The summed E-state index contributed by atoms with van der Waals surface area (Å²) >= 11 is 6.18. The zero-order chi connectivity index (χ0) is 21.3. The van der Waals surface area contributed by atoms with E-state index in [9.17, 15) is 9.50 Å². The minimum atomic E-state index is -0.233. The molecule has 0 saturated carbocycles. The molecule has 6 nitrogen and oxygen atoms in total. The van der Waals surface area contributed by atoms with E-state index in [1.54, 1.807) is 12.1 Å². The summed E-state index contributed by atoms with van der Waals surface area (Å²) < 4.78 is 14.1. The van der Waals surface area contributed by atoms with Crippen LogP contribution in [0.1, 0.15) is 31.7 Å². The monoisotopic (exact) mass is 567 g/mol. The van der Waals surface area contributed by atoms with Gasteiger partial charge in [-0.2, -0.15) is 0 Å². The summed E-state index contributed by atoms with van der Waals surface area (Å²) in [6, 6.07) is 4.87. The van der Waals surface area contributed by atoms with Crippen molar-refractivity contribution in [3.05, 3.63) is 34.6 Å². The van der Waals surface area contributed by atoms with Crippen molar-refractivity contribution in [3.8, 4) is 0 Å². The molecule has 1 aromatic carbocycles. The summed E-state index contributed by atoms with van der Waals surface area (Å²) in [4.78, 5) is 11.8. The Labute approximate surface area is 207 Å². The van der Waals surface area contributed by atoms with Crippen LogP contribution >= 0.6 is 35.6 Å². The van der Waals surface area contributed by atoms with Gasteiger partial charge in [0.05, 0.1) is 6.10 Å². The molecule has 3 rings (SSSR count). The van der Waals surface area contributed by atoms with Crippen LogP contribution in [0.15, 0.2) is 23.2 Å². The molecule has 0 bridgehead atoms. The van der Waals surface area contributed by atoms with Crippen LogP contribution in [0.3, 0.4) is 0 Å². The van der Waals surface area contributed by atoms with Crippen LogP contribution in [0.4, 0.5) is 4.39 Å². The first-order valence-electron chi connectivity index (χ1n) is 11.2. The molecule has 0 radical (unpaired) electrons. The van der Waals surface area contributed by atoms with Gasteiger partial charge in [-0.1, -0.05) is 17.7 Å². The largest absolute Gasteiger partial charge is 0.393 e. The second kappa shape index (κ2) is 13.8. The van der Waals surface area contributed by atoms with E-state index in [1.165, 1.54) is 6.07 Å². The molecule has 0 spiro atoms. The SMILES string of the molecule is CCNC(=NCCCN1CCC(O)CC1)N1CCN(Cc2c(F)cccc2Cl)CC1.I. The fourth-order valence-electron chi connectivity index (χ4n) is 4.07. The summed E-state index contributed by atoms with van der Waals surface area (Å²) in [7, 11) is 0. The van der Waals surface area contributed by atoms with E-state index in [2.05, 4.69) is 26.9 Å². The zero-order valence-electron chi connectivity index (χ0n) is 18.4. The average molecular weight is 568 g/mol. The fraction of sp³-hybridized carbons (Fsp3) is 0.682. The van der Waals surface area contributed by atoms with Gasteiger partial charge in [0.25, 0.3) is 0 Å². The van der Waals surface area contributed by atoms with Crippen molar-refractivity contribution in [2.75, 3.05) is 58.9 Å². The Morgan fingerprint density at radius 1 is 1.16 bits per heavy atom. The number of hydrogen-bond donors (Lipinski definition) is 2. The molecule has 0 aliphatic carbocycles. The molecule has 0 unspecified atom stereocenters. The second-order valence-electron chi connectivity index (χ2n) is 8.13. The molecular formula is C22H36ClFIN5O. The maximum absolute atomic E-state index is 14.1. The van der Waals surface area contributed by atoms with E-state index in [1.807, 2.05) is 0 Å². The number of piperidine rings is 1. The van der Waals surface area contributed by atoms with Crippen LogP contribution in [0.25, 0.3) is 0 Å². The van der Waals surface area contributed by atoms with Gasteiger partial charge in [0.1, 0.15) is 5.82 Å². The van der Waals surface area contributed by atoms with Crippen molar-refractivity contribution in [2.45, 2.75) is 38.8 Å². The lowest BCUT2D eigenvalue weighted by Crippen LogP contribution is -2.52. The Balaban J connectivity index is 0.00000341. The summed E-state index contributed by atoms with van der Waals surface area (Å²) in [6.45, 7) is 10.7. The molecular weight excluding hydrogens is 532 g/mol. The Hall–Kier alpha value is -0.680. The quantitative estimate of drug-likeness (QED) is 0.230. The molecule has 0 atom stereocenters. The molecule has 2 heterocycles. The summed E-state index contributed by atoms with van der Waals surface area (Å²) in [5.41, 5.74) is 0.582. The van der Waals surface area contributed by atoms with Crippen LogP contribution in [0.2, 0.25) is 5.02 Å². The highest BCUT2D eigenvalue weighted by atomic mass is 127. The lowest BCUT2D eigenvalue weighted by atomic mass is 10.1. The summed E-state index contributed by atoms with van der Waals surface area (Å²) in [5, 5.41) is 13.5. The average Bonchev–Trinajstić information content (AvgIpc) is 2.75. The normalized spacial score (nSPS) is 19.4. The van der Waals surface area contributed by atoms with E-state index < -0.39 is 0 Å². The molecule has 176 valence electrons. The molecule has 0 aromatic heterocycles. The minimum Gasteiger partial charge on any atom is -0.393 e. The standard InChI is InChI=1S/C22H35ClFN5O.HI/c1-2-25-22(26-9-4-10-27-11-7-18(30)8-12-27)29-15-13-28(14-16-29)17-19-20(23)5-3-6-21(19)24;/h3,5-6,18,30H,2,4,7-17H2,1H3,(H,25,26);1H. The van der Waals surface area contributed by atoms with Crippen molar-refractivity contribution >= 4 is 41.5 Å². The predicted octanol–water partition coefficient (Wildman–Crippen LogP) is 3.03. The van der Waals surface area contributed by atoms with Crippen molar-refractivity contribution < 1.29 is 9.50 Å². The molecule has 2 saturated heterocycles. The van der Waals surface area contributed by atoms with Gasteiger partial charge >= 0.3 is 0 Å². The molecule has 9 heteroatoms. The van der Waals surface area contributed by atoms with E-state index in [0.717, 1.165) is 84.1 Å². The number of guanidine groups is 1. The lowest BCUT2D eigenvalue weighted by Gasteiger charge is -2.36. The fourth-order valence-corrected chi connectivity index (χ4v) is 4.30. The van der Waals surface area contributed by atoms with Crippen molar-refractivity contribution in [1.82, 2.24) is 20.0 Å². The Morgan fingerprint density at radius 3 is 2.52 bits per heavy atom. The number of hydrogen-bond acceptors (Lipinski definition) is 4. The van der Waals surface area contributed by atoms with Gasteiger partial charge in [-0.25, -0.2) is 4.39 Å². The van der Waals surface area contributed by atoms with Crippen molar-refractivity contribution in [1.29, 1.82) is 0 Å². The van der Waals surface area contributed by atoms with Crippen molar-refractivity contribution in [2.24, 2.45) is 4.99 Å². The number of rotatable bonds is 7. The summed E-state index contributed by atoms with van der Waals surface area (Å²) in [6.07, 6.45) is 2.67. The second-order valence-corrected chi connectivity index (χ2v) is 8.53. The van der Waals surface area contributed by atoms with Crippen LogP contribution < -0.4 is 5.32 Å². The maximum atomic E-state index is 14.1. The number of aliphatic hydroxyl groups is 1. The van der Waals surface area contributed by atoms with Crippen LogP contribution in [-0.2, 0) is 6.54 Å². The van der Waals surface area contributed by atoms with Gasteiger partial charge in [-0.15, -0.1) is 24.0 Å². The van der Waals surface area contributed by atoms with Gasteiger partial charge in [-0.3, -0.25) is 9.89 Å². The third kappa shape index (κ3) is 8.31. The first-order chi connectivity index (χ1) is 14.6. The van der Waals surface area contributed by atoms with Gasteiger partial charge < -0.3 is 20.2 Å². The Kier molecular flexibility index (Phi) is 11.8. The lowest BCUT2D eigenvalue weighted by molar-refractivity contribution is 0.0824. The predicted molar refractivity (Wildman–Crippen MR) is 136 cm³/mol. The summed E-state index contributed by atoms with van der Waals surface area (Å²) in [5.74, 6) is 0.734. The smallest absolute Gasteiger partial charge is 0.194 e. The Morgan fingerprint density at radius 2 is 1.87 bits per heavy atom. The van der Waals surface area contributed by atoms with Crippen molar-refractivity contribution in [3.63, 3.8) is 0 Å². The van der Waals surface area contributed by atoms with Gasteiger partial charge in [0, 0.05) is 69.5 Å². The third-order valence-corrected chi connectivity index (χ3v) is 6.26. The van der Waals surface area contributed by atoms with Crippen LogP contribution in [0.5, 0.6) is 0 Å². The molecule has 2 N–H and O–H groups in total. The van der Waals surface area contributed by atoms with E-state index in [0.29, 0.717) is 17.1 Å². The molecule has 2 aliphatic heterocycles. The number of aliphatic imine (C=N–C) groups is 1. The third-order valence-electron chi connectivity index (χ3n) is 5.90. The first kappa shape index (κ1) is 26.6. The number of likely N-dealkylation sites (tertiary alicyclic amines) is 1. The number of piperazine rings is 1. The highest BCUT2D eigenvalue weighted by molar-refractivity contribution is 14.0. The van der Waals surface area contributed by atoms with E-state index in [-0.39, 0.29) is 35.9 Å². The topological polar surface area (TPSA) is 54.3 Å². The van der Waals surface area contributed by atoms with E-state index >= 15 is 0 Å². The zero-order valence-corrected chi connectivity index (χ0v) is 21.5. The highest BCUT2D eigenvalue weighted by Crippen LogP contribution is 2.21. The number of nitrogens with one attached hydrogen (secondary N) is 1.